The second-order valence-corrected chi connectivity index (χ2v) is 6.78. The molecule has 1 aliphatic rings. The molecule has 4 aromatic carbocycles. The normalized spacial score (nSPS) is 12.4. The lowest BCUT2D eigenvalue weighted by atomic mass is 9.66. The van der Waals surface area contributed by atoms with E-state index in [0.717, 1.165) is 5.75 Å². The summed E-state index contributed by atoms with van der Waals surface area (Å²) >= 11 is 0. The molecule has 2 N–H and O–H groups in total. The molecule has 4 aromatic rings. The SMILES string of the molecule is COc1ccc(-c2ccc(B3Nc4cccc5cccc(c45)N3)cc2)cc1. The molecule has 0 atom stereocenters. The molecule has 0 saturated heterocycles. The summed E-state index contributed by atoms with van der Waals surface area (Å²) in [5.74, 6) is 0.874. The van der Waals surface area contributed by atoms with Crippen LogP contribution < -0.4 is 20.7 Å². The van der Waals surface area contributed by atoms with Crippen LogP contribution in [0.25, 0.3) is 21.9 Å². The average molecular weight is 350 g/mol. The molecule has 0 radical (unpaired) electrons. The molecule has 4 heteroatoms. The first-order chi connectivity index (χ1) is 13.3. The molecule has 27 heavy (non-hydrogen) atoms. The van der Waals surface area contributed by atoms with Gasteiger partial charge in [0.05, 0.1) is 7.11 Å². The van der Waals surface area contributed by atoms with Crippen molar-refractivity contribution in [3.05, 3.63) is 84.9 Å². The zero-order valence-electron chi connectivity index (χ0n) is 15.1. The van der Waals surface area contributed by atoms with Gasteiger partial charge in [0.15, 0.2) is 0 Å². The number of benzene rings is 4. The molecular weight excluding hydrogens is 331 g/mol. The molecule has 3 nitrogen and oxygen atoms in total. The summed E-state index contributed by atoms with van der Waals surface area (Å²) in [5, 5.41) is 9.75. The van der Waals surface area contributed by atoms with Crippen molar-refractivity contribution in [1.29, 1.82) is 0 Å². The van der Waals surface area contributed by atoms with Crippen molar-refractivity contribution in [1.82, 2.24) is 0 Å². The lowest BCUT2D eigenvalue weighted by molar-refractivity contribution is 0.415. The molecule has 5 rings (SSSR count). The third-order valence-corrected chi connectivity index (χ3v) is 5.17. The fourth-order valence-corrected chi connectivity index (χ4v) is 3.75. The summed E-state index contributed by atoms with van der Waals surface area (Å²) in [6.07, 6.45) is 0. The van der Waals surface area contributed by atoms with Crippen molar-refractivity contribution in [2.75, 3.05) is 17.6 Å². The molecule has 0 aromatic heterocycles. The number of hydrogen-bond donors (Lipinski definition) is 2. The van der Waals surface area contributed by atoms with Crippen LogP contribution in [0.1, 0.15) is 0 Å². The number of methoxy groups -OCH3 is 1. The Kier molecular flexibility index (Phi) is 3.75. The van der Waals surface area contributed by atoms with Crippen molar-refractivity contribution in [2.24, 2.45) is 0 Å². The highest BCUT2D eigenvalue weighted by Crippen LogP contribution is 2.33. The van der Waals surface area contributed by atoms with Gasteiger partial charge in [-0.05, 0) is 46.2 Å². The van der Waals surface area contributed by atoms with Crippen molar-refractivity contribution in [3.63, 3.8) is 0 Å². The first-order valence-corrected chi connectivity index (χ1v) is 9.11. The van der Waals surface area contributed by atoms with Gasteiger partial charge in [-0.3, -0.25) is 0 Å². The first kappa shape index (κ1) is 15.8. The van der Waals surface area contributed by atoms with E-state index in [2.05, 4.69) is 83.3 Å². The predicted molar refractivity (Wildman–Crippen MR) is 115 cm³/mol. The third kappa shape index (κ3) is 2.79. The fourth-order valence-electron chi connectivity index (χ4n) is 3.75. The summed E-state index contributed by atoms with van der Waals surface area (Å²) in [4.78, 5) is 0. The Balaban J connectivity index is 1.44. The van der Waals surface area contributed by atoms with Gasteiger partial charge in [-0.1, -0.05) is 60.7 Å². The molecule has 1 aliphatic heterocycles. The Morgan fingerprint density at radius 2 is 1.22 bits per heavy atom. The van der Waals surface area contributed by atoms with E-state index in [1.54, 1.807) is 7.11 Å². The van der Waals surface area contributed by atoms with E-state index >= 15 is 0 Å². The monoisotopic (exact) mass is 350 g/mol. The van der Waals surface area contributed by atoms with E-state index in [-0.39, 0.29) is 6.98 Å². The van der Waals surface area contributed by atoms with Gasteiger partial charge in [-0.25, -0.2) is 0 Å². The molecule has 0 bridgehead atoms. The van der Waals surface area contributed by atoms with Gasteiger partial charge >= 0.3 is 6.98 Å². The van der Waals surface area contributed by atoms with E-state index < -0.39 is 0 Å². The maximum Gasteiger partial charge on any atom is 0.406 e. The Hall–Kier alpha value is -3.40. The van der Waals surface area contributed by atoms with Crippen molar-refractivity contribution in [2.45, 2.75) is 0 Å². The summed E-state index contributed by atoms with van der Waals surface area (Å²) in [6, 6.07) is 29.6. The minimum absolute atomic E-state index is 0.0513. The van der Waals surface area contributed by atoms with E-state index in [4.69, 9.17) is 4.74 Å². The van der Waals surface area contributed by atoms with Gasteiger partial charge in [0.2, 0.25) is 0 Å². The number of ether oxygens (including phenoxy) is 1. The number of anilines is 2. The Labute approximate surface area is 159 Å². The minimum atomic E-state index is 0.0513. The Bertz CT molecular complexity index is 1070. The Morgan fingerprint density at radius 1 is 0.667 bits per heavy atom. The summed E-state index contributed by atoms with van der Waals surface area (Å²) in [6.45, 7) is 0.0513. The topological polar surface area (TPSA) is 33.3 Å². The van der Waals surface area contributed by atoms with Crippen LogP contribution in [0.4, 0.5) is 11.4 Å². The van der Waals surface area contributed by atoms with Gasteiger partial charge < -0.3 is 15.2 Å². The lowest BCUT2D eigenvalue weighted by Crippen LogP contribution is -2.47. The van der Waals surface area contributed by atoms with E-state index in [0.29, 0.717) is 0 Å². The molecular formula is C23H19BN2O. The highest BCUT2D eigenvalue weighted by molar-refractivity contribution is 6.80. The summed E-state index contributed by atoms with van der Waals surface area (Å²) < 4.78 is 5.24. The number of nitrogens with one attached hydrogen (secondary N) is 2. The highest BCUT2D eigenvalue weighted by atomic mass is 16.5. The molecule has 130 valence electrons. The molecule has 0 saturated carbocycles. The van der Waals surface area contributed by atoms with Crippen LogP contribution >= 0.6 is 0 Å². The standard InChI is InChI=1S/C23H19BN2O/c1-27-20-14-10-17(11-15-20)16-8-12-19(13-9-16)24-25-21-6-2-4-18-5-3-7-22(26-24)23(18)21/h2-15,25-26H,1H3. The second-order valence-electron chi connectivity index (χ2n) is 6.78. The minimum Gasteiger partial charge on any atom is -0.497 e. The van der Waals surface area contributed by atoms with Crippen molar-refractivity contribution < 1.29 is 4.74 Å². The van der Waals surface area contributed by atoms with E-state index in [1.165, 1.54) is 38.7 Å². The van der Waals surface area contributed by atoms with Crippen LogP contribution in [0.5, 0.6) is 5.75 Å². The molecule has 0 unspecified atom stereocenters. The molecule has 1 heterocycles. The third-order valence-electron chi connectivity index (χ3n) is 5.17. The highest BCUT2D eigenvalue weighted by Gasteiger charge is 2.25. The van der Waals surface area contributed by atoms with Crippen LogP contribution in [0.15, 0.2) is 84.9 Å². The van der Waals surface area contributed by atoms with Gasteiger partial charge in [0.25, 0.3) is 0 Å². The zero-order valence-corrected chi connectivity index (χ0v) is 15.1. The van der Waals surface area contributed by atoms with Crippen LogP contribution in [-0.2, 0) is 0 Å². The van der Waals surface area contributed by atoms with Crippen molar-refractivity contribution in [3.8, 4) is 16.9 Å². The largest absolute Gasteiger partial charge is 0.497 e. The van der Waals surface area contributed by atoms with Crippen LogP contribution in [0.3, 0.4) is 0 Å². The molecule has 0 fully saturated rings. The number of hydrogen-bond acceptors (Lipinski definition) is 3. The molecule has 0 aliphatic carbocycles. The maximum atomic E-state index is 5.24. The summed E-state index contributed by atoms with van der Waals surface area (Å²) in [7, 11) is 1.69. The van der Waals surface area contributed by atoms with Gasteiger partial charge in [-0.2, -0.15) is 0 Å². The predicted octanol–water partition coefficient (Wildman–Crippen LogP) is 4.75. The fraction of sp³-hybridized carbons (Fsp3) is 0.0435. The smallest absolute Gasteiger partial charge is 0.406 e. The number of rotatable bonds is 3. The van der Waals surface area contributed by atoms with Gasteiger partial charge in [-0.15, -0.1) is 0 Å². The quantitative estimate of drug-likeness (QED) is 0.523. The zero-order chi connectivity index (χ0) is 18.2. The van der Waals surface area contributed by atoms with E-state index in [1.807, 2.05) is 12.1 Å². The second kappa shape index (κ2) is 6.40. The molecule has 0 spiro atoms. The van der Waals surface area contributed by atoms with Crippen LogP contribution in [0.2, 0.25) is 0 Å². The first-order valence-electron chi connectivity index (χ1n) is 9.11. The maximum absolute atomic E-state index is 5.24. The van der Waals surface area contributed by atoms with E-state index in [9.17, 15) is 0 Å². The van der Waals surface area contributed by atoms with Gasteiger partial charge in [0.1, 0.15) is 5.75 Å². The Morgan fingerprint density at radius 3 is 1.78 bits per heavy atom. The average Bonchev–Trinajstić information content (AvgIpc) is 2.74. The van der Waals surface area contributed by atoms with Crippen molar-refractivity contribution >= 4 is 34.6 Å². The van der Waals surface area contributed by atoms with Crippen LogP contribution in [0, 0.1) is 0 Å². The molecule has 0 amide bonds. The summed E-state index contributed by atoms with van der Waals surface area (Å²) in [5.41, 5.74) is 5.93. The van der Waals surface area contributed by atoms with Gasteiger partial charge in [0, 0.05) is 16.8 Å². The lowest BCUT2D eigenvalue weighted by Gasteiger charge is -2.27. The van der Waals surface area contributed by atoms with Crippen LogP contribution in [-0.4, -0.2) is 14.1 Å².